The second-order valence-corrected chi connectivity index (χ2v) is 8.32. The Labute approximate surface area is 154 Å². The third-order valence-electron chi connectivity index (χ3n) is 4.54. The Kier molecular flexibility index (Phi) is 4.85. The van der Waals surface area contributed by atoms with E-state index in [4.69, 9.17) is 0 Å². The lowest BCUT2D eigenvalue weighted by molar-refractivity contribution is -0.135. The van der Waals surface area contributed by atoms with Gasteiger partial charge in [-0.05, 0) is 17.7 Å². The van der Waals surface area contributed by atoms with Crippen LogP contribution in [0.5, 0.6) is 0 Å². The lowest BCUT2D eigenvalue weighted by atomic mass is 10.0. The third-order valence-corrected chi connectivity index (χ3v) is 6.77. The van der Waals surface area contributed by atoms with Crippen molar-refractivity contribution in [3.8, 4) is 0 Å². The zero-order valence-corrected chi connectivity index (χ0v) is 15.2. The molecule has 4 rings (SSSR count). The van der Waals surface area contributed by atoms with Crippen molar-refractivity contribution in [2.75, 3.05) is 23.8 Å². The van der Waals surface area contributed by atoms with Crippen molar-refractivity contribution < 1.29 is 9.18 Å². The SMILES string of the molecule is O=C(C1C=C(c2cn[nH]c2)SC1)N1CCSCC1c1ccc(F)cc1. The molecule has 1 N–H and O–H groups in total. The molecule has 4 nitrogen and oxygen atoms in total. The first kappa shape index (κ1) is 16.7. The summed E-state index contributed by atoms with van der Waals surface area (Å²) < 4.78 is 13.2. The highest BCUT2D eigenvalue weighted by Gasteiger charge is 2.34. The number of rotatable bonds is 3. The van der Waals surface area contributed by atoms with Gasteiger partial charge in [0.15, 0.2) is 0 Å². The van der Waals surface area contributed by atoms with Gasteiger partial charge in [0.2, 0.25) is 5.91 Å². The monoisotopic (exact) mass is 375 g/mol. The molecular weight excluding hydrogens is 357 g/mol. The minimum atomic E-state index is -0.245. The Balaban J connectivity index is 1.54. The number of nitrogens with one attached hydrogen (secondary N) is 1. The summed E-state index contributed by atoms with van der Waals surface area (Å²) in [7, 11) is 0. The molecule has 2 unspecified atom stereocenters. The van der Waals surface area contributed by atoms with E-state index in [9.17, 15) is 9.18 Å². The summed E-state index contributed by atoms with van der Waals surface area (Å²) in [6, 6.07) is 6.55. The van der Waals surface area contributed by atoms with Crippen molar-refractivity contribution in [1.82, 2.24) is 15.1 Å². The average molecular weight is 375 g/mol. The molecule has 2 aliphatic rings. The Morgan fingerprint density at radius 2 is 2.12 bits per heavy atom. The quantitative estimate of drug-likeness (QED) is 0.891. The maximum atomic E-state index is 13.2. The molecule has 0 bridgehead atoms. The first-order valence-corrected chi connectivity index (χ1v) is 10.3. The summed E-state index contributed by atoms with van der Waals surface area (Å²) >= 11 is 3.54. The third kappa shape index (κ3) is 3.48. The number of aromatic nitrogens is 2. The number of amides is 1. The van der Waals surface area contributed by atoms with Crippen LogP contribution in [0.15, 0.2) is 42.7 Å². The molecule has 1 aromatic carbocycles. The predicted molar refractivity (Wildman–Crippen MR) is 101 cm³/mol. The molecule has 3 heterocycles. The van der Waals surface area contributed by atoms with E-state index in [2.05, 4.69) is 16.3 Å². The first-order valence-electron chi connectivity index (χ1n) is 8.20. The van der Waals surface area contributed by atoms with Crippen LogP contribution in [-0.4, -0.2) is 44.8 Å². The molecule has 130 valence electrons. The number of nitrogens with zero attached hydrogens (tertiary/aromatic N) is 2. The lowest BCUT2D eigenvalue weighted by Gasteiger charge is -2.37. The largest absolute Gasteiger partial charge is 0.333 e. The highest BCUT2D eigenvalue weighted by molar-refractivity contribution is 8.08. The van der Waals surface area contributed by atoms with Gasteiger partial charge in [-0.1, -0.05) is 18.2 Å². The molecule has 2 atom stereocenters. The molecule has 0 aliphatic carbocycles. The normalized spacial score (nSPS) is 23.6. The van der Waals surface area contributed by atoms with Crippen molar-refractivity contribution in [2.45, 2.75) is 6.04 Å². The van der Waals surface area contributed by atoms with Crippen LogP contribution >= 0.6 is 23.5 Å². The van der Waals surface area contributed by atoms with Crippen molar-refractivity contribution in [3.63, 3.8) is 0 Å². The Bertz CT molecular complexity index is 776. The summed E-state index contributed by atoms with van der Waals surface area (Å²) in [6.07, 6.45) is 5.69. The van der Waals surface area contributed by atoms with Crippen LogP contribution in [0.25, 0.3) is 4.91 Å². The second kappa shape index (κ2) is 7.25. The maximum absolute atomic E-state index is 13.2. The fourth-order valence-corrected chi connectivity index (χ4v) is 5.43. The maximum Gasteiger partial charge on any atom is 0.230 e. The molecule has 2 aliphatic heterocycles. The van der Waals surface area contributed by atoms with E-state index in [1.807, 2.05) is 22.9 Å². The second-order valence-electron chi connectivity index (χ2n) is 6.11. The fraction of sp³-hybridized carbons (Fsp3) is 0.333. The van der Waals surface area contributed by atoms with E-state index in [0.717, 1.165) is 39.8 Å². The number of H-pyrrole nitrogens is 1. The van der Waals surface area contributed by atoms with Gasteiger partial charge in [0.1, 0.15) is 5.82 Å². The van der Waals surface area contributed by atoms with Gasteiger partial charge in [0, 0.05) is 40.5 Å². The van der Waals surface area contributed by atoms with Crippen LogP contribution in [0.2, 0.25) is 0 Å². The summed E-state index contributed by atoms with van der Waals surface area (Å²) in [5.41, 5.74) is 2.04. The molecule has 7 heteroatoms. The molecule has 1 aromatic heterocycles. The van der Waals surface area contributed by atoms with Gasteiger partial charge in [-0.25, -0.2) is 4.39 Å². The van der Waals surface area contributed by atoms with Gasteiger partial charge in [0.05, 0.1) is 18.2 Å². The lowest BCUT2D eigenvalue weighted by Crippen LogP contribution is -2.43. The van der Waals surface area contributed by atoms with Crippen LogP contribution in [0, 0.1) is 11.7 Å². The number of aromatic amines is 1. The molecule has 1 saturated heterocycles. The minimum Gasteiger partial charge on any atom is -0.333 e. The summed E-state index contributed by atoms with van der Waals surface area (Å²) in [5.74, 6) is 2.38. The summed E-state index contributed by atoms with van der Waals surface area (Å²) in [4.78, 5) is 16.2. The number of carbonyl (C=O) groups excluding carboxylic acids is 1. The number of carbonyl (C=O) groups is 1. The van der Waals surface area contributed by atoms with E-state index < -0.39 is 0 Å². The number of halogens is 1. The molecule has 2 aromatic rings. The summed E-state index contributed by atoms with van der Waals surface area (Å²) in [6.45, 7) is 0.738. The minimum absolute atomic E-state index is 0.0169. The van der Waals surface area contributed by atoms with Gasteiger partial charge >= 0.3 is 0 Å². The highest BCUT2D eigenvalue weighted by atomic mass is 32.2. The van der Waals surface area contributed by atoms with Crippen LogP contribution < -0.4 is 0 Å². The summed E-state index contributed by atoms with van der Waals surface area (Å²) in [5, 5.41) is 6.79. The van der Waals surface area contributed by atoms with Crippen molar-refractivity contribution in [2.24, 2.45) is 5.92 Å². The Morgan fingerprint density at radius 3 is 2.88 bits per heavy atom. The van der Waals surface area contributed by atoms with E-state index in [-0.39, 0.29) is 23.7 Å². The first-order chi connectivity index (χ1) is 12.2. The molecular formula is C18H18FN3OS2. The van der Waals surface area contributed by atoms with Gasteiger partial charge in [-0.3, -0.25) is 9.89 Å². The van der Waals surface area contributed by atoms with Gasteiger partial charge in [-0.15, -0.1) is 11.8 Å². The van der Waals surface area contributed by atoms with Crippen molar-refractivity contribution in [3.05, 3.63) is 59.7 Å². The molecule has 0 spiro atoms. The van der Waals surface area contributed by atoms with Crippen LogP contribution in [0.3, 0.4) is 0 Å². The van der Waals surface area contributed by atoms with E-state index in [1.165, 1.54) is 12.1 Å². The Morgan fingerprint density at radius 1 is 1.28 bits per heavy atom. The smallest absolute Gasteiger partial charge is 0.230 e. The average Bonchev–Trinajstić information content (AvgIpc) is 3.33. The topological polar surface area (TPSA) is 49.0 Å². The molecule has 1 amide bonds. The zero-order chi connectivity index (χ0) is 17.2. The standard InChI is InChI=1S/C18H18FN3OS2/c19-15-3-1-12(2-4-15)16-11-24-6-5-22(16)18(23)13-7-17(25-10-13)14-8-20-21-9-14/h1-4,7-9,13,16H,5-6,10-11H2,(H,20,21). The van der Waals surface area contributed by atoms with E-state index >= 15 is 0 Å². The number of hydrogen-bond acceptors (Lipinski definition) is 4. The molecule has 0 radical (unpaired) electrons. The number of benzene rings is 1. The van der Waals surface area contributed by atoms with E-state index in [0.29, 0.717) is 0 Å². The van der Waals surface area contributed by atoms with Crippen LogP contribution in [0.1, 0.15) is 17.2 Å². The fourth-order valence-electron chi connectivity index (χ4n) is 3.21. The highest BCUT2D eigenvalue weighted by Crippen LogP contribution is 2.39. The van der Waals surface area contributed by atoms with Crippen LogP contribution in [0.4, 0.5) is 4.39 Å². The van der Waals surface area contributed by atoms with E-state index in [1.54, 1.807) is 30.1 Å². The van der Waals surface area contributed by atoms with Crippen LogP contribution in [-0.2, 0) is 4.79 Å². The van der Waals surface area contributed by atoms with Gasteiger partial charge in [0.25, 0.3) is 0 Å². The number of thioether (sulfide) groups is 2. The Hall–Kier alpha value is -1.73. The van der Waals surface area contributed by atoms with Gasteiger partial charge < -0.3 is 4.90 Å². The number of hydrogen-bond donors (Lipinski definition) is 1. The van der Waals surface area contributed by atoms with Gasteiger partial charge in [-0.2, -0.15) is 16.9 Å². The van der Waals surface area contributed by atoms with Crippen molar-refractivity contribution in [1.29, 1.82) is 0 Å². The molecule has 1 fully saturated rings. The predicted octanol–water partition coefficient (Wildman–Crippen LogP) is 3.57. The zero-order valence-electron chi connectivity index (χ0n) is 13.5. The molecule has 0 saturated carbocycles. The molecule has 25 heavy (non-hydrogen) atoms. The van der Waals surface area contributed by atoms with Crippen molar-refractivity contribution >= 4 is 34.3 Å².